The molecular weight excluding hydrogens is 352 g/mol. The molecule has 28 heavy (non-hydrogen) atoms. The topological polar surface area (TPSA) is 74.7 Å². The zero-order valence-electron chi connectivity index (χ0n) is 17.1. The Balaban J connectivity index is 1.36. The summed E-state index contributed by atoms with van der Waals surface area (Å²) in [4.78, 5) is 25.9. The van der Waals surface area contributed by atoms with Gasteiger partial charge in [0.15, 0.2) is 6.54 Å². The molecule has 2 aliphatic rings. The van der Waals surface area contributed by atoms with Crippen LogP contribution in [0.2, 0.25) is 0 Å². The minimum atomic E-state index is -0.0192. The minimum Gasteiger partial charge on any atom is -0.335 e. The molecule has 0 radical (unpaired) electrons. The quantitative estimate of drug-likeness (QED) is 0.602. The summed E-state index contributed by atoms with van der Waals surface area (Å²) in [6, 6.07) is 8.52. The highest BCUT2D eigenvalue weighted by atomic mass is 16.2. The van der Waals surface area contributed by atoms with E-state index >= 15 is 0 Å². The highest BCUT2D eigenvalue weighted by Gasteiger charge is 2.26. The molecule has 6 heteroatoms. The number of carbonyl (C=O) groups excluding carboxylic acids is 2. The summed E-state index contributed by atoms with van der Waals surface area (Å²) in [5.74, 6) is 0.0670. The summed E-state index contributed by atoms with van der Waals surface area (Å²) >= 11 is 0. The highest BCUT2D eigenvalue weighted by molar-refractivity contribution is 5.92. The Bertz CT molecular complexity index is 650. The van der Waals surface area contributed by atoms with Gasteiger partial charge in [-0.05, 0) is 30.9 Å². The first-order valence-electron chi connectivity index (χ1n) is 10.9. The smallest absolute Gasteiger partial charge is 0.315 e. The fourth-order valence-corrected chi connectivity index (χ4v) is 4.38. The average molecular weight is 388 g/mol. The molecule has 154 valence electrons. The first kappa shape index (κ1) is 20.6. The summed E-state index contributed by atoms with van der Waals surface area (Å²) in [6.45, 7) is 4.41. The van der Waals surface area contributed by atoms with Gasteiger partial charge in [-0.3, -0.25) is 4.79 Å². The summed E-state index contributed by atoms with van der Waals surface area (Å²) in [5.41, 5.74) is 2.09. The van der Waals surface area contributed by atoms with Gasteiger partial charge in [-0.1, -0.05) is 44.4 Å². The molecule has 4 N–H and O–H groups in total. The van der Waals surface area contributed by atoms with Crippen molar-refractivity contribution in [2.24, 2.45) is 0 Å². The van der Waals surface area contributed by atoms with Gasteiger partial charge in [-0.15, -0.1) is 0 Å². The molecule has 1 saturated heterocycles. The van der Waals surface area contributed by atoms with E-state index in [4.69, 9.17) is 0 Å². The molecule has 3 rings (SSSR count). The zero-order chi connectivity index (χ0) is 19.8. The van der Waals surface area contributed by atoms with Crippen LogP contribution >= 0.6 is 0 Å². The van der Waals surface area contributed by atoms with E-state index in [-0.39, 0.29) is 18.0 Å². The molecule has 6 nitrogen and oxygen atoms in total. The number of piperidine rings is 1. The highest BCUT2D eigenvalue weighted by Crippen LogP contribution is 2.17. The molecule has 0 bridgehead atoms. The lowest BCUT2D eigenvalue weighted by Crippen LogP contribution is -3.14. The molecule has 1 aliphatic heterocycles. The van der Waals surface area contributed by atoms with Gasteiger partial charge in [0, 0.05) is 30.6 Å². The maximum Gasteiger partial charge on any atom is 0.315 e. The van der Waals surface area contributed by atoms with Crippen LogP contribution in [0.5, 0.6) is 0 Å². The SMILES string of the molecule is CCc1ccccc1NC(=O)C[NH+]1CCC(NC(=O)NC2CCCCC2)CC1. The van der Waals surface area contributed by atoms with Crippen LogP contribution in [-0.2, 0) is 11.2 Å². The second-order valence-electron chi connectivity index (χ2n) is 8.21. The van der Waals surface area contributed by atoms with Crippen LogP contribution < -0.4 is 20.9 Å². The number of aryl methyl sites for hydroxylation is 1. The summed E-state index contributed by atoms with van der Waals surface area (Å²) in [6.07, 6.45) is 8.69. The Morgan fingerprint density at radius 3 is 2.29 bits per heavy atom. The third-order valence-electron chi connectivity index (χ3n) is 6.05. The Labute approximate surface area is 168 Å². The van der Waals surface area contributed by atoms with Crippen LogP contribution in [0.25, 0.3) is 0 Å². The van der Waals surface area contributed by atoms with Gasteiger partial charge in [0.05, 0.1) is 13.1 Å². The fraction of sp³-hybridized carbons (Fsp3) is 0.636. The van der Waals surface area contributed by atoms with Crippen molar-refractivity contribution in [2.75, 3.05) is 25.0 Å². The number of likely N-dealkylation sites (tertiary alicyclic amines) is 1. The van der Waals surface area contributed by atoms with Crippen molar-refractivity contribution in [1.29, 1.82) is 0 Å². The van der Waals surface area contributed by atoms with Crippen molar-refractivity contribution in [2.45, 2.75) is 70.4 Å². The lowest BCUT2D eigenvalue weighted by atomic mass is 9.96. The molecule has 1 aromatic rings. The average Bonchev–Trinajstić information content (AvgIpc) is 2.70. The molecule has 2 fully saturated rings. The van der Waals surface area contributed by atoms with Crippen LogP contribution in [0.15, 0.2) is 24.3 Å². The van der Waals surface area contributed by atoms with Crippen LogP contribution in [0, 0.1) is 0 Å². The predicted octanol–water partition coefficient (Wildman–Crippen LogP) is 1.87. The molecule has 1 aromatic carbocycles. The van der Waals surface area contributed by atoms with Gasteiger partial charge < -0.3 is 20.9 Å². The van der Waals surface area contributed by atoms with Crippen LogP contribution in [-0.4, -0.2) is 43.7 Å². The van der Waals surface area contributed by atoms with Crippen molar-refractivity contribution in [3.05, 3.63) is 29.8 Å². The Morgan fingerprint density at radius 2 is 1.61 bits per heavy atom. The maximum atomic E-state index is 12.4. The van der Waals surface area contributed by atoms with E-state index in [0.717, 1.165) is 56.4 Å². The first-order valence-corrected chi connectivity index (χ1v) is 10.9. The molecule has 0 spiro atoms. The Kier molecular flexibility index (Phi) is 7.71. The number of urea groups is 1. The van der Waals surface area contributed by atoms with E-state index in [0.29, 0.717) is 12.6 Å². The minimum absolute atomic E-state index is 0.0192. The molecule has 0 atom stereocenters. The van der Waals surface area contributed by atoms with Gasteiger partial charge in [0.1, 0.15) is 0 Å². The van der Waals surface area contributed by atoms with Gasteiger partial charge in [-0.25, -0.2) is 4.79 Å². The van der Waals surface area contributed by atoms with Gasteiger partial charge in [0.2, 0.25) is 0 Å². The lowest BCUT2D eigenvalue weighted by molar-refractivity contribution is -0.897. The molecule has 1 aliphatic carbocycles. The number of benzene rings is 1. The zero-order valence-corrected chi connectivity index (χ0v) is 17.1. The van der Waals surface area contributed by atoms with E-state index in [9.17, 15) is 9.59 Å². The number of nitrogens with one attached hydrogen (secondary N) is 4. The fourth-order valence-electron chi connectivity index (χ4n) is 4.38. The van der Waals surface area contributed by atoms with Crippen molar-refractivity contribution in [3.63, 3.8) is 0 Å². The molecule has 1 heterocycles. The number of rotatable bonds is 6. The molecule has 1 saturated carbocycles. The number of carbonyl (C=O) groups is 2. The molecule has 0 aromatic heterocycles. The van der Waals surface area contributed by atoms with Crippen molar-refractivity contribution < 1.29 is 14.5 Å². The molecular formula is C22H35N4O2+. The lowest BCUT2D eigenvalue weighted by Gasteiger charge is -2.30. The number of hydrogen-bond acceptors (Lipinski definition) is 2. The Morgan fingerprint density at radius 1 is 0.964 bits per heavy atom. The van der Waals surface area contributed by atoms with Crippen molar-refractivity contribution in [3.8, 4) is 0 Å². The maximum absolute atomic E-state index is 12.4. The van der Waals surface area contributed by atoms with Gasteiger partial charge in [0.25, 0.3) is 5.91 Å². The van der Waals surface area contributed by atoms with E-state index in [1.807, 2.05) is 18.2 Å². The van der Waals surface area contributed by atoms with Crippen molar-refractivity contribution >= 4 is 17.6 Å². The van der Waals surface area contributed by atoms with Crippen LogP contribution in [0.1, 0.15) is 57.4 Å². The molecule has 0 unspecified atom stereocenters. The largest absolute Gasteiger partial charge is 0.335 e. The van der Waals surface area contributed by atoms with E-state index in [1.165, 1.54) is 24.2 Å². The second-order valence-corrected chi connectivity index (χ2v) is 8.21. The van der Waals surface area contributed by atoms with Gasteiger partial charge >= 0.3 is 6.03 Å². The third kappa shape index (κ3) is 6.23. The second kappa shape index (κ2) is 10.5. The van der Waals surface area contributed by atoms with Gasteiger partial charge in [-0.2, -0.15) is 0 Å². The number of anilines is 1. The van der Waals surface area contributed by atoms with E-state index in [1.54, 1.807) is 0 Å². The Hall–Kier alpha value is -2.08. The summed E-state index contributed by atoms with van der Waals surface area (Å²) in [7, 11) is 0. The summed E-state index contributed by atoms with van der Waals surface area (Å²) in [5, 5.41) is 9.32. The first-order chi connectivity index (χ1) is 13.6. The summed E-state index contributed by atoms with van der Waals surface area (Å²) < 4.78 is 0. The molecule has 3 amide bonds. The van der Waals surface area contributed by atoms with Crippen LogP contribution in [0.3, 0.4) is 0 Å². The third-order valence-corrected chi connectivity index (χ3v) is 6.05. The number of hydrogen-bond donors (Lipinski definition) is 4. The monoisotopic (exact) mass is 387 g/mol. The van der Waals surface area contributed by atoms with Crippen LogP contribution in [0.4, 0.5) is 10.5 Å². The van der Waals surface area contributed by atoms with E-state index in [2.05, 4.69) is 28.9 Å². The standard InChI is InChI=1S/C22H34N4O2/c1-2-17-8-6-7-11-20(17)25-21(27)16-26-14-12-19(13-15-26)24-22(28)23-18-9-4-3-5-10-18/h6-8,11,18-19H,2-5,9-10,12-16H2,1H3,(H,25,27)(H2,23,24,28)/p+1. The predicted molar refractivity (Wildman–Crippen MR) is 112 cm³/mol. The van der Waals surface area contributed by atoms with Crippen molar-refractivity contribution in [1.82, 2.24) is 10.6 Å². The number of para-hydroxylation sites is 1. The number of quaternary nitrogens is 1. The number of amides is 3. The normalized spacial score (nSPS) is 23.0. The van der Waals surface area contributed by atoms with E-state index < -0.39 is 0 Å².